The van der Waals surface area contributed by atoms with Gasteiger partial charge in [-0.1, -0.05) is 0 Å². The topological polar surface area (TPSA) is 105 Å². The minimum Gasteiger partial charge on any atom is -0.478 e. The van der Waals surface area contributed by atoms with Crippen LogP contribution in [-0.2, 0) is 0 Å². The first-order valence-corrected chi connectivity index (χ1v) is 4.53. The fourth-order valence-corrected chi connectivity index (χ4v) is 1.41. The van der Waals surface area contributed by atoms with Gasteiger partial charge in [0.1, 0.15) is 17.4 Å². The van der Waals surface area contributed by atoms with Crippen LogP contribution in [0.5, 0.6) is 0 Å². The van der Waals surface area contributed by atoms with E-state index in [0.717, 1.165) is 12.3 Å². The van der Waals surface area contributed by atoms with Crippen LogP contribution in [0.1, 0.15) is 20.7 Å². The van der Waals surface area contributed by atoms with Gasteiger partial charge in [-0.3, -0.25) is 4.79 Å². The molecular formula is C11H6O6. The van der Waals surface area contributed by atoms with Crippen molar-refractivity contribution in [3.8, 4) is 0 Å². The molecular weight excluding hydrogens is 228 g/mol. The van der Waals surface area contributed by atoms with Crippen molar-refractivity contribution >= 4 is 22.9 Å². The van der Waals surface area contributed by atoms with Crippen LogP contribution in [0.3, 0.4) is 0 Å². The second kappa shape index (κ2) is 3.75. The van der Waals surface area contributed by atoms with E-state index < -0.39 is 22.9 Å². The van der Waals surface area contributed by atoms with E-state index in [2.05, 4.69) is 0 Å². The first kappa shape index (κ1) is 10.9. The molecule has 0 aliphatic carbocycles. The zero-order chi connectivity index (χ0) is 12.6. The zero-order valence-corrected chi connectivity index (χ0v) is 8.34. The fourth-order valence-electron chi connectivity index (χ4n) is 1.41. The lowest BCUT2D eigenvalue weighted by molar-refractivity contribution is 0.0685. The van der Waals surface area contributed by atoms with Gasteiger partial charge in [0.25, 0.3) is 0 Å². The maximum Gasteiger partial charge on any atom is 0.342 e. The molecule has 1 heterocycles. The normalized spacial score (nSPS) is 10.4. The average molecular weight is 234 g/mol. The number of benzene rings is 1. The predicted molar refractivity (Wildman–Crippen MR) is 56.4 cm³/mol. The maximum atomic E-state index is 11.7. The van der Waals surface area contributed by atoms with E-state index in [1.165, 1.54) is 12.1 Å². The van der Waals surface area contributed by atoms with Crippen molar-refractivity contribution in [2.24, 2.45) is 0 Å². The molecule has 0 atom stereocenters. The molecule has 2 rings (SSSR count). The molecule has 0 spiro atoms. The van der Waals surface area contributed by atoms with Crippen molar-refractivity contribution in [1.29, 1.82) is 0 Å². The van der Waals surface area contributed by atoms with Crippen LogP contribution in [0.15, 0.2) is 33.7 Å². The quantitative estimate of drug-likeness (QED) is 0.808. The smallest absolute Gasteiger partial charge is 0.342 e. The molecule has 0 bridgehead atoms. The highest BCUT2D eigenvalue weighted by molar-refractivity contribution is 5.95. The van der Waals surface area contributed by atoms with Crippen molar-refractivity contribution in [2.75, 3.05) is 0 Å². The minimum absolute atomic E-state index is 0.0650. The van der Waals surface area contributed by atoms with Gasteiger partial charge >= 0.3 is 11.9 Å². The molecule has 0 aliphatic rings. The van der Waals surface area contributed by atoms with E-state index in [1.54, 1.807) is 0 Å². The van der Waals surface area contributed by atoms with Gasteiger partial charge in [-0.2, -0.15) is 0 Å². The lowest BCUT2D eigenvalue weighted by atomic mass is 10.1. The summed E-state index contributed by atoms with van der Waals surface area (Å²) in [5.41, 5.74) is -1.25. The standard InChI is InChI=1S/C11H6O6/c12-9-6-3-5(10(13)14)1-2-8(6)17-4-7(9)11(15)16/h1-4H,(H,13,14)(H,15,16). The first-order valence-electron chi connectivity index (χ1n) is 4.53. The molecule has 0 amide bonds. The number of carbonyl (C=O) groups is 2. The van der Waals surface area contributed by atoms with Gasteiger partial charge in [-0.25, -0.2) is 9.59 Å². The number of carboxylic acids is 2. The van der Waals surface area contributed by atoms with Crippen LogP contribution in [0.25, 0.3) is 11.0 Å². The van der Waals surface area contributed by atoms with Crippen LogP contribution in [0, 0.1) is 0 Å². The third-order valence-corrected chi connectivity index (χ3v) is 2.25. The Balaban J connectivity index is 2.83. The SMILES string of the molecule is O=C(O)c1ccc2occ(C(=O)O)c(=O)c2c1. The van der Waals surface area contributed by atoms with Gasteiger partial charge in [0.15, 0.2) is 0 Å². The van der Waals surface area contributed by atoms with Crippen LogP contribution in [0.2, 0.25) is 0 Å². The monoisotopic (exact) mass is 234 g/mol. The van der Waals surface area contributed by atoms with Gasteiger partial charge in [0.05, 0.1) is 10.9 Å². The number of fused-ring (bicyclic) bond motifs is 1. The third kappa shape index (κ3) is 1.76. The number of aromatic carboxylic acids is 2. The molecule has 0 radical (unpaired) electrons. The van der Waals surface area contributed by atoms with Crippen LogP contribution in [0.4, 0.5) is 0 Å². The van der Waals surface area contributed by atoms with Gasteiger partial charge in [-0.15, -0.1) is 0 Å². The van der Waals surface area contributed by atoms with Gasteiger partial charge in [0, 0.05) is 0 Å². The molecule has 0 fully saturated rings. The van der Waals surface area contributed by atoms with E-state index in [4.69, 9.17) is 14.6 Å². The molecule has 86 valence electrons. The van der Waals surface area contributed by atoms with Crippen molar-refractivity contribution < 1.29 is 24.2 Å². The second-order valence-electron chi connectivity index (χ2n) is 3.30. The fraction of sp³-hybridized carbons (Fsp3) is 0. The van der Waals surface area contributed by atoms with E-state index in [9.17, 15) is 14.4 Å². The molecule has 1 aromatic carbocycles. The number of carboxylic acid groups (broad SMARTS) is 2. The molecule has 6 heteroatoms. The average Bonchev–Trinajstić information content (AvgIpc) is 2.28. The minimum atomic E-state index is -1.42. The Morgan fingerprint density at radius 2 is 1.82 bits per heavy atom. The summed E-state index contributed by atoms with van der Waals surface area (Å²) in [6, 6.07) is 3.68. The van der Waals surface area contributed by atoms with Crippen molar-refractivity contribution in [3.63, 3.8) is 0 Å². The van der Waals surface area contributed by atoms with E-state index in [0.29, 0.717) is 0 Å². The van der Waals surface area contributed by atoms with Crippen LogP contribution >= 0.6 is 0 Å². The van der Waals surface area contributed by atoms with Gasteiger partial charge in [0.2, 0.25) is 5.43 Å². The lowest BCUT2D eigenvalue weighted by Crippen LogP contribution is -2.14. The van der Waals surface area contributed by atoms with E-state index in [1.807, 2.05) is 0 Å². The number of hydrogen-bond acceptors (Lipinski definition) is 4. The van der Waals surface area contributed by atoms with Crippen molar-refractivity contribution in [3.05, 3.63) is 45.8 Å². The molecule has 2 N–H and O–H groups in total. The Bertz CT molecular complexity index is 677. The summed E-state index contributed by atoms with van der Waals surface area (Å²) in [4.78, 5) is 33.1. The highest BCUT2D eigenvalue weighted by atomic mass is 16.4. The van der Waals surface area contributed by atoms with Crippen molar-refractivity contribution in [2.45, 2.75) is 0 Å². The number of rotatable bonds is 2. The summed E-state index contributed by atoms with van der Waals surface area (Å²) in [6.07, 6.45) is 0.841. The first-order chi connectivity index (χ1) is 8.00. The third-order valence-electron chi connectivity index (χ3n) is 2.25. The maximum absolute atomic E-state index is 11.7. The molecule has 0 unspecified atom stereocenters. The lowest BCUT2D eigenvalue weighted by Gasteiger charge is -1.99. The molecule has 17 heavy (non-hydrogen) atoms. The van der Waals surface area contributed by atoms with Crippen LogP contribution < -0.4 is 5.43 Å². The van der Waals surface area contributed by atoms with E-state index >= 15 is 0 Å². The summed E-state index contributed by atoms with van der Waals surface area (Å²) in [7, 11) is 0. The Morgan fingerprint density at radius 3 is 2.41 bits per heavy atom. The summed E-state index contributed by atoms with van der Waals surface area (Å²) < 4.78 is 4.95. The highest BCUT2D eigenvalue weighted by Crippen LogP contribution is 2.13. The molecule has 6 nitrogen and oxygen atoms in total. The molecule has 2 aromatic rings. The predicted octanol–water partition coefficient (Wildman–Crippen LogP) is 1.19. The summed E-state index contributed by atoms with van der Waals surface area (Å²) in [6.45, 7) is 0. The largest absolute Gasteiger partial charge is 0.478 e. The highest BCUT2D eigenvalue weighted by Gasteiger charge is 2.14. The second-order valence-corrected chi connectivity index (χ2v) is 3.30. The molecule has 0 aliphatic heterocycles. The Hall–Kier alpha value is -2.63. The van der Waals surface area contributed by atoms with Crippen molar-refractivity contribution in [1.82, 2.24) is 0 Å². The Kier molecular flexibility index (Phi) is 2.40. The molecule has 1 aromatic heterocycles. The Morgan fingerprint density at radius 1 is 1.12 bits per heavy atom. The molecule has 0 saturated heterocycles. The number of hydrogen-bond donors (Lipinski definition) is 2. The van der Waals surface area contributed by atoms with E-state index in [-0.39, 0.29) is 16.5 Å². The Labute approximate surface area is 93.7 Å². The van der Waals surface area contributed by atoms with Gasteiger partial charge < -0.3 is 14.6 Å². The van der Waals surface area contributed by atoms with Gasteiger partial charge in [-0.05, 0) is 18.2 Å². The molecule has 0 saturated carbocycles. The summed E-state index contributed by atoms with van der Waals surface area (Å²) in [5, 5.41) is 17.4. The summed E-state index contributed by atoms with van der Waals surface area (Å²) >= 11 is 0. The van der Waals surface area contributed by atoms with Crippen LogP contribution in [-0.4, -0.2) is 22.2 Å². The zero-order valence-electron chi connectivity index (χ0n) is 8.34. The summed E-state index contributed by atoms with van der Waals surface area (Å²) in [5.74, 6) is -2.62.